The summed E-state index contributed by atoms with van der Waals surface area (Å²) >= 11 is 0. The molecule has 0 saturated carbocycles. The Hall–Kier alpha value is -5.07. The molecule has 0 aromatic heterocycles. The lowest BCUT2D eigenvalue weighted by atomic mass is 10.1. The molecular weight excluding hydrogens is 587 g/mol. The van der Waals surface area contributed by atoms with Crippen LogP contribution in [0.3, 0.4) is 0 Å². The van der Waals surface area contributed by atoms with Crippen LogP contribution < -0.4 is 19.9 Å². The maximum absolute atomic E-state index is 13.2. The van der Waals surface area contributed by atoms with Crippen molar-refractivity contribution in [1.29, 1.82) is 5.41 Å². The number of sulfonamides is 1. The molecule has 0 unspecified atom stereocenters. The number of halogens is 1. The number of hydrogen-bond acceptors (Lipinski definition) is 7. The number of ether oxygens (including phenoxy) is 2. The molecule has 0 saturated heterocycles. The van der Waals surface area contributed by atoms with Crippen LogP contribution in [0.15, 0.2) is 102 Å². The van der Waals surface area contributed by atoms with Crippen LogP contribution in [-0.4, -0.2) is 37.9 Å². The van der Waals surface area contributed by atoms with Crippen LogP contribution in [0.4, 0.5) is 14.0 Å². The molecule has 4 aromatic rings. The van der Waals surface area contributed by atoms with Crippen LogP contribution >= 0.6 is 0 Å². The standard InChI is InChI=1S/C32H31FN4O6S/c1-21(2)19-37(32(39)43-27-14-10-23(11-15-27)28-8-3-4-9-29(28)44(35,40)41)20-22-6-5-7-24(18-22)30(34)36-31(38)42-26-16-12-25(33)13-17-26/h3-18,21H,19-20H2,1-2H3,(H2,34,36,38)(H2,35,40,41). The molecule has 0 aliphatic heterocycles. The fraction of sp³-hybridized carbons (Fsp3) is 0.156. The van der Waals surface area contributed by atoms with Gasteiger partial charge in [-0.3, -0.25) is 10.7 Å². The largest absolute Gasteiger partial charge is 0.418 e. The van der Waals surface area contributed by atoms with Crippen molar-refractivity contribution in [2.75, 3.05) is 6.54 Å². The van der Waals surface area contributed by atoms with Gasteiger partial charge in [-0.25, -0.2) is 27.5 Å². The summed E-state index contributed by atoms with van der Waals surface area (Å²) in [5.41, 5.74) is 2.08. The molecule has 0 radical (unpaired) electrons. The summed E-state index contributed by atoms with van der Waals surface area (Å²) in [5.74, 6) is -0.194. The first-order valence-electron chi connectivity index (χ1n) is 13.5. The van der Waals surface area contributed by atoms with Crippen molar-refractivity contribution in [2.24, 2.45) is 11.1 Å². The van der Waals surface area contributed by atoms with Crippen molar-refractivity contribution in [2.45, 2.75) is 25.3 Å². The number of rotatable bonds is 9. The van der Waals surface area contributed by atoms with Gasteiger partial charge in [-0.15, -0.1) is 0 Å². The molecular formula is C32H31FN4O6S. The molecule has 0 fully saturated rings. The van der Waals surface area contributed by atoms with Gasteiger partial charge in [-0.2, -0.15) is 0 Å². The molecule has 228 valence electrons. The summed E-state index contributed by atoms with van der Waals surface area (Å²) in [4.78, 5) is 27.0. The first-order valence-corrected chi connectivity index (χ1v) is 15.0. The van der Waals surface area contributed by atoms with Crippen molar-refractivity contribution in [3.63, 3.8) is 0 Å². The van der Waals surface area contributed by atoms with Gasteiger partial charge in [0.05, 0.1) is 4.90 Å². The number of benzene rings is 4. The Morgan fingerprint density at radius 1 is 0.909 bits per heavy atom. The minimum atomic E-state index is -3.94. The van der Waals surface area contributed by atoms with E-state index in [1.165, 1.54) is 23.1 Å². The topological polar surface area (TPSA) is 152 Å². The maximum Gasteiger partial charge on any atom is 0.418 e. The predicted molar refractivity (Wildman–Crippen MR) is 163 cm³/mol. The summed E-state index contributed by atoms with van der Waals surface area (Å²) in [6.07, 6.45) is -1.51. The van der Waals surface area contributed by atoms with E-state index in [4.69, 9.17) is 20.0 Å². The smallest absolute Gasteiger partial charge is 0.410 e. The normalized spacial score (nSPS) is 11.1. The third kappa shape index (κ3) is 8.72. The molecule has 4 rings (SSSR count). The molecule has 0 aliphatic carbocycles. The average Bonchev–Trinajstić information content (AvgIpc) is 2.98. The van der Waals surface area contributed by atoms with Crippen LogP contribution in [0.5, 0.6) is 11.5 Å². The van der Waals surface area contributed by atoms with Gasteiger partial charge >= 0.3 is 12.2 Å². The van der Waals surface area contributed by atoms with Gasteiger partial charge in [0.1, 0.15) is 23.2 Å². The number of nitrogens with two attached hydrogens (primary N) is 1. The Labute approximate surface area is 254 Å². The first kappa shape index (κ1) is 31.9. The van der Waals surface area contributed by atoms with Crippen LogP contribution in [0, 0.1) is 17.1 Å². The zero-order valence-corrected chi connectivity index (χ0v) is 24.8. The summed E-state index contributed by atoms with van der Waals surface area (Å²) < 4.78 is 47.8. The number of primary sulfonamides is 1. The fourth-order valence-corrected chi connectivity index (χ4v) is 5.08. The van der Waals surface area contributed by atoms with Gasteiger partial charge < -0.3 is 14.4 Å². The van der Waals surface area contributed by atoms with E-state index in [9.17, 15) is 22.4 Å². The number of hydrogen-bond donors (Lipinski definition) is 3. The summed E-state index contributed by atoms with van der Waals surface area (Å²) in [6.45, 7) is 4.46. The third-order valence-corrected chi connectivity index (χ3v) is 7.22. The highest BCUT2D eigenvalue weighted by Gasteiger charge is 2.20. The summed E-state index contributed by atoms with van der Waals surface area (Å²) in [7, 11) is -3.94. The van der Waals surface area contributed by atoms with E-state index in [1.54, 1.807) is 66.7 Å². The van der Waals surface area contributed by atoms with E-state index >= 15 is 0 Å². The summed E-state index contributed by atoms with van der Waals surface area (Å²) in [5, 5.41) is 16.0. The summed E-state index contributed by atoms with van der Waals surface area (Å²) in [6, 6.07) is 24.4. The number of amides is 2. The number of nitrogens with one attached hydrogen (secondary N) is 2. The lowest BCUT2D eigenvalue weighted by molar-refractivity contribution is 0.143. The first-order chi connectivity index (χ1) is 20.9. The molecule has 4 aromatic carbocycles. The van der Waals surface area contributed by atoms with E-state index in [0.29, 0.717) is 28.8 Å². The second kappa shape index (κ2) is 13.9. The van der Waals surface area contributed by atoms with Gasteiger partial charge in [-0.1, -0.05) is 62.4 Å². The minimum absolute atomic E-state index is 0.0110. The molecule has 0 bridgehead atoms. The average molecular weight is 619 g/mol. The third-order valence-electron chi connectivity index (χ3n) is 6.25. The van der Waals surface area contributed by atoms with E-state index < -0.39 is 28.0 Å². The molecule has 12 heteroatoms. The molecule has 0 spiro atoms. The maximum atomic E-state index is 13.2. The molecule has 10 nitrogen and oxygen atoms in total. The monoisotopic (exact) mass is 618 g/mol. The fourth-order valence-electron chi connectivity index (χ4n) is 4.32. The van der Waals surface area contributed by atoms with Crippen molar-refractivity contribution in [1.82, 2.24) is 10.2 Å². The Morgan fingerprint density at radius 2 is 1.55 bits per heavy atom. The number of carbonyl (C=O) groups excluding carboxylic acids is 2. The second-order valence-corrected chi connectivity index (χ2v) is 11.8. The number of amidine groups is 1. The van der Waals surface area contributed by atoms with Gasteiger partial charge in [-0.05, 0) is 65.6 Å². The lowest BCUT2D eigenvalue weighted by Gasteiger charge is -2.24. The van der Waals surface area contributed by atoms with Crippen molar-refractivity contribution >= 4 is 28.0 Å². The molecule has 0 heterocycles. The Morgan fingerprint density at radius 3 is 2.20 bits per heavy atom. The van der Waals surface area contributed by atoms with Gasteiger partial charge in [0.2, 0.25) is 10.0 Å². The molecule has 4 N–H and O–H groups in total. The zero-order valence-electron chi connectivity index (χ0n) is 24.0. The number of nitrogens with zero attached hydrogens (tertiary/aromatic N) is 1. The highest BCUT2D eigenvalue weighted by molar-refractivity contribution is 7.89. The van der Waals surface area contributed by atoms with Crippen molar-refractivity contribution in [3.8, 4) is 22.6 Å². The van der Waals surface area contributed by atoms with Crippen LogP contribution in [0.1, 0.15) is 25.0 Å². The van der Waals surface area contributed by atoms with Crippen LogP contribution in [0.25, 0.3) is 11.1 Å². The highest BCUT2D eigenvalue weighted by Crippen LogP contribution is 2.28. The Kier molecular flexibility index (Phi) is 10.1. The van der Waals surface area contributed by atoms with Crippen molar-refractivity contribution in [3.05, 3.63) is 114 Å². The molecule has 2 amide bonds. The SMILES string of the molecule is CC(C)CN(Cc1cccc(C(=N)NC(=O)Oc2ccc(F)cc2)c1)C(=O)Oc1ccc(-c2ccccc2S(N)(=O)=O)cc1. The number of carbonyl (C=O) groups is 2. The molecule has 0 aliphatic rings. The Bertz CT molecular complexity index is 1760. The van der Waals surface area contributed by atoms with Gasteiger partial charge in [0.15, 0.2) is 0 Å². The van der Waals surface area contributed by atoms with Crippen LogP contribution in [-0.2, 0) is 16.6 Å². The van der Waals surface area contributed by atoms with E-state index in [2.05, 4.69) is 5.32 Å². The second-order valence-electron chi connectivity index (χ2n) is 10.3. The highest BCUT2D eigenvalue weighted by atomic mass is 32.2. The van der Waals surface area contributed by atoms with Crippen LogP contribution in [0.2, 0.25) is 0 Å². The zero-order chi connectivity index (χ0) is 31.9. The molecule has 44 heavy (non-hydrogen) atoms. The minimum Gasteiger partial charge on any atom is -0.410 e. The van der Waals surface area contributed by atoms with Crippen molar-refractivity contribution < 1.29 is 31.9 Å². The predicted octanol–water partition coefficient (Wildman–Crippen LogP) is 5.91. The quantitative estimate of drug-likeness (QED) is 0.157. The van der Waals surface area contributed by atoms with Gasteiger partial charge in [0, 0.05) is 24.2 Å². The van der Waals surface area contributed by atoms with E-state index in [-0.39, 0.29) is 34.7 Å². The molecule has 0 atom stereocenters. The lowest BCUT2D eigenvalue weighted by Crippen LogP contribution is -2.36. The van der Waals surface area contributed by atoms with Gasteiger partial charge in [0.25, 0.3) is 0 Å². The van der Waals surface area contributed by atoms with E-state index in [1.807, 2.05) is 13.8 Å². The van der Waals surface area contributed by atoms with E-state index in [0.717, 1.165) is 12.1 Å². The Balaban J connectivity index is 1.43.